The number of hydrogen-bond donors (Lipinski definition) is 2. The molecule has 0 spiro atoms. The topological polar surface area (TPSA) is 65.2 Å². The number of carbonyl (C=O) groups is 2. The van der Waals surface area contributed by atoms with E-state index in [4.69, 9.17) is 0 Å². The van der Waals surface area contributed by atoms with E-state index in [1.54, 1.807) is 0 Å². The molecule has 2 aromatic carbocycles. The van der Waals surface area contributed by atoms with E-state index in [1.165, 1.54) is 11.1 Å². The van der Waals surface area contributed by atoms with Gasteiger partial charge in [0.1, 0.15) is 6.04 Å². The van der Waals surface area contributed by atoms with Crippen molar-refractivity contribution in [2.45, 2.75) is 38.3 Å². The molecular formula is C24H25N3O2. The van der Waals surface area contributed by atoms with E-state index in [0.717, 1.165) is 35.7 Å². The van der Waals surface area contributed by atoms with Gasteiger partial charge in [-0.1, -0.05) is 42.5 Å². The smallest absolute Gasteiger partial charge is 0.245 e. The number of aromatic amines is 1. The molecule has 0 bridgehead atoms. The summed E-state index contributed by atoms with van der Waals surface area (Å²) in [6.45, 7) is 1.30. The molecule has 0 radical (unpaired) electrons. The van der Waals surface area contributed by atoms with E-state index < -0.39 is 6.04 Å². The number of aromatic nitrogens is 1. The highest BCUT2D eigenvalue weighted by molar-refractivity contribution is 5.91. The predicted octanol–water partition coefficient (Wildman–Crippen LogP) is 3.19. The molecule has 1 fully saturated rings. The van der Waals surface area contributed by atoms with Gasteiger partial charge in [0.15, 0.2) is 0 Å². The zero-order chi connectivity index (χ0) is 19.8. The van der Waals surface area contributed by atoms with Gasteiger partial charge < -0.3 is 15.2 Å². The third kappa shape index (κ3) is 3.65. The van der Waals surface area contributed by atoms with Gasteiger partial charge in [-0.25, -0.2) is 0 Å². The lowest BCUT2D eigenvalue weighted by Crippen LogP contribution is -2.51. The maximum absolute atomic E-state index is 13.4. The Labute approximate surface area is 170 Å². The maximum atomic E-state index is 13.4. The molecule has 2 heterocycles. The minimum atomic E-state index is -0.535. The minimum Gasteiger partial charge on any atom is -0.361 e. The molecule has 1 aromatic heterocycles. The van der Waals surface area contributed by atoms with E-state index in [0.29, 0.717) is 19.5 Å². The third-order valence-corrected chi connectivity index (χ3v) is 6.10. The summed E-state index contributed by atoms with van der Waals surface area (Å²) in [6.07, 6.45) is 5.17. The summed E-state index contributed by atoms with van der Waals surface area (Å²) < 4.78 is 0. The highest BCUT2D eigenvalue weighted by Crippen LogP contribution is 2.29. The highest BCUT2D eigenvalue weighted by Gasteiger charge is 2.35. The Hall–Kier alpha value is -3.08. The fraction of sp³-hybridized carbons (Fsp3) is 0.333. The lowest BCUT2D eigenvalue weighted by molar-refractivity contribution is -0.137. The van der Waals surface area contributed by atoms with E-state index in [1.807, 2.05) is 41.4 Å². The van der Waals surface area contributed by atoms with Gasteiger partial charge >= 0.3 is 0 Å². The van der Waals surface area contributed by atoms with Gasteiger partial charge in [0.25, 0.3) is 0 Å². The zero-order valence-electron chi connectivity index (χ0n) is 16.4. The van der Waals surface area contributed by atoms with Crippen LogP contribution in [0.2, 0.25) is 0 Å². The Morgan fingerprint density at radius 3 is 2.66 bits per heavy atom. The van der Waals surface area contributed by atoms with Crippen LogP contribution in [0, 0.1) is 5.92 Å². The Morgan fingerprint density at radius 1 is 1.07 bits per heavy atom. The molecular weight excluding hydrogens is 362 g/mol. The second-order valence-corrected chi connectivity index (χ2v) is 8.18. The molecule has 5 rings (SSSR count). The summed E-state index contributed by atoms with van der Waals surface area (Å²) in [5.41, 5.74) is 4.62. The largest absolute Gasteiger partial charge is 0.361 e. The molecule has 0 saturated heterocycles. The second kappa shape index (κ2) is 7.39. The van der Waals surface area contributed by atoms with Gasteiger partial charge in [0, 0.05) is 42.5 Å². The Kier molecular flexibility index (Phi) is 4.58. The molecule has 1 aliphatic carbocycles. The maximum Gasteiger partial charge on any atom is 0.245 e. The molecule has 5 heteroatoms. The van der Waals surface area contributed by atoms with Crippen LogP contribution >= 0.6 is 0 Å². The molecule has 2 amide bonds. The molecule has 5 nitrogen and oxygen atoms in total. The average molecular weight is 387 g/mol. The van der Waals surface area contributed by atoms with Crippen LogP contribution in [0.15, 0.2) is 54.7 Å². The number of nitrogens with zero attached hydrogens (tertiary/aromatic N) is 1. The number of benzene rings is 2. The van der Waals surface area contributed by atoms with Crippen LogP contribution in [0.4, 0.5) is 0 Å². The highest BCUT2D eigenvalue weighted by atomic mass is 16.2. The quantitative estimate of drug-likeness (QED) is 0.706. The van der Waals surface area contributed by atoms with Gasteiger partial charge in [-0.15, -0.1) is 0 Å². The second-order valence-electron chi connectivity index (χ2n) is 8.18. The van der Waals surface area contributed by atoms with Crippen molar-refractivity contribution >= 4 is 22.7 Å². The molecule has 2 aliphatic rings. The van der Waals surface area contributed by atoms with E-state index in [2.05, 4.69) is 28.5 Å². The molecule has 3 aromatic rings. The Morgan fingerprint density at radius 2 is 1.83 bits per heavy atom. The average Bonchev–Trinajstić information content (AvgIpc) is 3.54. The number of nitrogens with one attached hydrogen (secondary N) is 2. The molecule has 2 N–H and O–H groups in total. The molecule has 148 valence electrons. The standard InChI is InChI=1S/C24H25N3O2/c28-23(17-9-10-17)26-22(13-19-14-25-21-8-4-3-7-20(19)21)24(29)27-12-11-16-5-1-2-6-18(16)15-27/h1-8,14,17,22,25H,9-13,15H2,(H,26,28)/t22-/m1/s1. The molecule has 1 saturated carbocycles. The molecule has 1 atom stereocenters. The van der Waals surface area contributed by atoms with Crippen molar-refractivity contribution in [2.24, 2.45) is 5.92 Å². The number of carbonyl (C=O) groups excluding carboxylic acids is 2. The van der Waals surface area contributed by atoms with Crippen molar-refractivity contribution in [1.29, 1.82) is 0 Å². The Balaban J connectivity index is 1.39. The molecule has 1 aliphatic heterocycles. The van der Waals surface area contributed by atoms with Crippen molar-refractivity contribution in [2.75, 3.05) is 6.54 Å². The summed E-state index contributed by atoms with van der Waals surface area (Å²) in [5, 5.41) is 4.17. The summed E-state index contributed by atoms with van der Waals surface area (Å²) >= 11 is 0. The van der Waals surface area contributed by atoms with E-state index in [9.17, 15) is 9.59 Å². The SMILES string of the molecule is O=C(N[C@H](Cc1c[nH]c2ccccc12)C(=O)N1CCc2ccccc2C1)C1CC1. The first-order valence-electron chi connectivity index (χ1n) is 10.4. The van der Waals surface area contributed by atoms with Gasteiger partial charge in [0.2, 0.25) is 11.8 Å². The van der Waals surface area contributed by atoms with Gasteiger partial charge in [-0.2, -0.15) is 0 Å². The van der Waals surface area contributed by atoms with Crippen LogP contribution in [0.3, 0.4) is 0 Å². The lowest BCUT2D eigenvalue weighted by atomic mass is 9.98. The van der Waals surface area contributed by atoms with Crippen molar-refractivity contribution < 1.29 is 9.59 Å². The van der Waals surface area contributed by atoms with E-state index >= 15 is 0 Å². The van der Waals surface area contributed by atoms with Crippen molar-refractivity contribution in [1.82, 2.24) is 15.2 Å². The van der Waals surface area contributed by atoms with Crippen molar-refractivity contribution in [3.05, 3.63) is 71.4 Å². The van der Waals surface area contributed by atoms with Gasteiger partial charge in [-0.05, 0) is 42.0 Å². The fourth-order valence-corrected chi connectivity index (χ4v) is 4.26. The van der Waals surface area contributed by atoms with Crippen molar-refractivity contribution in [3.8, 4) is 0 Å². The van der Waals surface area contributed by atoms with Crippen LogP contribution in [-0.2, 0) is 29.0 Å². The van der Waals surface area contributed by atoms with Crippen molar-refractivity contribution in [3.63, 3.8) is 0 Å². The zero-order valence-corrected chi connectivity index (χ0v) is 16.4. The predicted molar refractivity (Wildman–Crippen MR) is 112 cm³/mol. The van der Waals surface area contributed by atoms with Crippen LogP contribution in [0.5, 0.6) is 0 Å². The van der Waals surface area contributed by atoms with Crippen LogP contribution in [0.25, 0.3) is 10.9 Å². The first kappa shape index (κ1) is 18.0. The number of rotatable bonds is 5. The molecule has 0 unspecified atom stereocenters. The number of hydrogen-bond acceptors (Lipinski definition) is 2. The monoisotopic (exact) mass is 387 g/mol. The number of fused-ring (bicyclic) bond motifs is 2. The first-order valence-corrected chi connectivity index (χ1v) is 10.4. The number of H-pyrrole nitrogens is 1. The van der Waals surface area contributed by atoms with Crippen LogP contribution in [0.1, 0.15) is 29.5 Å². The molecule has 29 heavy (non-hydrogen) atoms. The summed E-state index contributed by atoms with van der Waals surface area (Å²) in [7, 11) is 0. The number of amides is 2. The fourth-order valence-electron chi connectivity index (χ4n) is 4.26. The van der Waals surface area contributed by atoms with Gasteiger partial charge in [-0.3, -0.25) is 9.59 Å². The summed E-state index contributed by atoms with van der Waals surface area (Å²) in [4.78, 5) is 31.1. The third-order valence-electron chi connectivity index (χ3n) is 6.10. The minimum absolute atomic E-state index is 0.0128. The van der Waals surface area contributed by atoms with Crippen LogP contribution in [-0.4, -0.2) is 34.3 Å². The summed E-state index contributed by atoms with van der Waals surface area (Å²) in [6, 6.07) is 15.8. The van der Waals surface area contributed by atoms with Crippen LogP contribution < -0.4 is 5.32 Å². The number of para-hydroxylation sites is 1. The summed E-state index contributed by atoms with van der Waals surface area (Å²) in [5.74, 6) is 0.106. The normalized spacial score (nSPS) is 17.0. The lowest BCUT2D eigenvalue weighted by Gasteiger charge is -2.32. The van der Waals surface area contributed by atoms with E-state index in [-0.39, 0.29) is 17.7 Å². The Bertz CT molecular complexity index is 1070. The first-order chi connectivity index (χ1) is 14.2. The van der Waals surface area contributed by atoms with Gasteiger partial charge in [0.05, 0.1) is 0 Å².